The van der Waals surface area contributed by atoms with Crippen LogP contribution in [-0.2, 0) is 4.74 Å². The molecule has 0 aromatic carbocycles. The number of hydrogen-bond donors (Lipinski definition) is 1. The van der Waals surface area contributed by atoms with Gasteiger partial charge in [0.1, 0.15) is 0 Å². The highest BCUT2D eigenvalue weighted by Crippen LogP contribution is 2.47. The number of ether oxygens (including phenoxy) is 1. The summed E-state index contributed by atoms with van der Waals surface area (Å²) in [6.45, 7) is 10.1. The lowest BCUT2D eigenvalue weighted by molar-refractivity contribution is -0.0872. The molecule has 1 aromatic heterocycles. The maximum absolute atomic E-state index is 6.09. The summed E-state index contributed by atoms with van der Waals surface area (Å²) in [4.78, 5) is 1.38. The number of rotatable bonds is 5. The Hall–Kier alpha value is -0.380. The van der Waals surface area contributed by atoms with E-state index in [1.54, 1.807) is 0 Å². The van der Waals surface area contributed by atoms with Crippen LogP contribution in [0.5, 0.6) is 0 Å². The van der Waals surface area contributed by atoms with Gasteiger partial charge in [-0.05, 0) is 61.6 Å². The van der Waals surface area contributed by atoms with Gasteiger partial charge in [-0.15, -0.1) is 11.3 Å². The summed E-state index contributed by atoms with van der Waals surface area (Å²) < 4.78 is 6.09. The lowest BCUT2D eigenvalue weighted by Crippen LogP contribution is -2.49. The largest absolute Gasteiger partial charge is 0.376 e. The molecule has 1 N–H and O–H groups in total. The van der Waals surface area contributed by atoms with Crippen molar-refractivity contribution in [2.75, 3.05) is 13.7 Å². The van der Waals surface area contributed by atoms with Crippen LogP contribution in [0.1, 0.15) is 62.9 Å². The van der Waals surface area contributed by atoms with Gasteiger partial charge in [-0.2, -0.15) is 0 Å². The third kappa shape index (κ3) is 3.26. The number of aryl methyl sites for hydroxylation is 1. The topological polar surface area (TPSA) is 21.3 Å². The van der Waals surface area contributed by atoms with E-state index in [1.165, 1.54) is 23.3 Å². The first kappa shape index (κ1) is 16.0. The molecule has 1 heterocycles. The standard InChI is InChI=1S/C17H29NOS/c1-6-18-15(14-11-13(2)20-12-14)17(19-5)9-7-16(3,4)8-10-17/h11-12,15,18H,6-10H2,1-5H3. The quantitative estimate of drug-likeness (QED) is 0.850. The van der Waals surface area contributed by atoms with Crippen molar-refractivity contribution in [1.82, 2.24) is 5.32 Å². The SMILES string of the molecule is CCNC(c1csc(C)c1)C1(OC)CCC(C)(C)CC1. The number of hydrogen-bond acceptors (Lipinski definition) is 3. The first-order chi connectivity index (χ1) is 9.42. The van der Waals surface area contributed by atoms with Gasteiger partial charge in [0, 0.05) is 12.0 Å². The fourth-order valence-electron chi connectivity index (χ4n) is 3.39. The van der Waals surface area contributed by atoms with Crippen molar-refractivity contribution in [2.45, 2.75) is 65.0 Å². The third-order valence-electron chi connectivity index (χ3n) is 4.87. The predicted molar refractivity (Wildman–Crippen MR) is 87.5 cm³/mol. The molecule has 1 aliphatic carbocycles. The zero-order valence-corrected chi connectivity index (χ0v) is 14.4. The fourth-order valence-corrected chi connectivity index (χ4v) is 4.12. The van der Waals surface area contributed by atoms with E-state index in [9.17, 15) is 0 Å². The van der Waals surface area contributed by atoms with Gasteiger partial charge in [0.2, 0.25) is 0 Å². The Morgan fingerprint density at radius 3 is 2.40 bits per heavy atom. The fraction of sp³-hybridized carbons (Fsp3) is 0.765. The minimum atomic E-state index is -0.0426. The Balaban J connectivity index is 2.26. The van der Waals surface area contributed by atoms with Crippen molar-refractivity contribution in [3.63, 3.8) is 0 Å². The Kier molecular flexibility index (Phi) is 4.93. The van der Waals surface area contributed by atoms with E-state index < -0.39 is 0 Å². The van der Waals surface area contributed by atoms with Crippen LogP contribution in [0.3, 0.4) is 0 Å². The molecule has 1 fully saturated rings. The van der Waals surface area contributed by atoms with Gasteiger partial charge in [0.05, 0.1) is 11.6 Å². The van der Waals surface area contributed by atoms with E-state index in [0.717, 1.165) is 19.4 Å². The van der Waals surface area contributed by atoms with Gasteiger partial charge in [0.15, 0.2) is 0 Å². The van der Waals surface area contributed by atoms with Gasteiger partial charge in [-0.25, -0.2) is 0 Å². The molecule has 1 aliphatic rings. The molecule has 114 valence electrons. The minimum absolute atomic E-state index is 0.0426. The van der Waals surface area contributed by atoms with E-state index in [-0.39, 0.29) is 5.60 Å². The van der Waals surface area contributed by atoms with Gasteiger partial charge >= 0.3 is 0 Å². The number of methoxy groups -OCH3 is 1. The lowest BCUT2D eigenvalue weighted by atomic mass is 9.67. The number of nitrogens with one attached hydrogen (secondary N) is 1. The summed E-state index contributed by atoms with van der Waals surface area (Å²) >= 11 is 1.84. The van der Waals surface area contributed by atoms with Crippen molar-refractivity contribution in [3.05, 3.63) is 21.9 Å². The van der Waals surface area contributed by atoms with Crippen LogP contribution >= 0.6 is 11.3 Å². The number of thiophene rings is 1. The average Bonchev–Trinajstić information content (AvgIpc) is 2.84. The van der Waals surface area contributed by atoms with E-state index in [1.807, 2.05) is 18.4 Å². The molecule has 1 saturated carbocycles. The predicted octanol–water partition coefficient (Wildman–Crippen LogP) is 4.69. The van der Waals surface area contributed by atoms with E-state index >= 15 is 0 Å². The molecular formula is C17H29NOS. The summed E-state index contributed by atoms with van der Waals surface area (Å²) in [6.07, 6.45) is 4.77. The van der Waals surface area contributed by atoms with Crippen molar-refractivity contribution in [1.29, 1.82) is 0 Å². The van der Waals surface area contributed by atoms with Crippen LogP contribution in [0.25, 0.3) is 0 Å². The van der Waals surface area contributed by atoms with Gasteiger partial charge in [-0.3, -0.25) is 0 Å². The molecule has 2 rings (SSSR count). The molecule has 20 heavy (non-hydrogen) atoms. The van der Waals surface area contributed by atoms with E-state index in [4.69, 9.17) is 4.74 Å². The smallest absolute Gasteiger partial charge is 0.0873 e. The van der Waals surface area contributed by atoms with Crippen molar-refractivity contribution in [3.8, 4) is 0 Å². The summed E-state index contributed by atoms with van der Waals surface area (Å²) in [7, 11) is 1.89. The Morgan fingerprint density at radius 1 is 1.30 bits per heavy atom. The molecule has 0 amide bonds. The van der Waals surface area contributed by atoms with Gasteiger partial charge in [0.25, 0.3) is 0 Å². The van der Waals surface area contributed by atoms with Crippen LogP contribution in [0, 0.1) is 12.3 Å². The van der Waals surface area contributed by atoms with E-state index in [0.29, 0.717) is 11.5 Å². The maximum Gasteiger partial charge on any atom is 0.0873 e. The molecule has 1 aromatic rings. The summed E-state index contributed by atoms with van der Waals surface area (Å²) in [5.74, 6) is 0. The second-order valence-corrected chi connectivity index (χ2v) is 8.03. The Morgan fingerprint density at radius 2 is 1.95 bits per heavy atom. The highest BCUT2D eigenvalue weighted by atomic mass is 32.1. The molecule has 3 heteroatoms. The molecule has 0 spiro atoms. The van der Waals surface area contributed by atoms with Gasteiger partial charge in [-0.1, -0.05) is 20.8 Å². The monoisotopic (exact) mass is 295 g/mol. The maximum atomic E-state index is 6.09. The first-order valence-corrected chi connectivity index (χ1v) is 8.64. The van der Waals surface area contributed by atoms with Gasteiger partial charge < -0.3 is 10.1 Å². The lowest BCUT2D eigenvalue weighted by Gasteiger charge is -2.47. The normalized spacial score (nSPS) is 22.6. The van der Waals surface area contributed by atoms with Crippen molar-refractivity contribution >= 4 is 11.3 Å². The summed E-state index contributed by atoms with van der Waals surface area (Å²) in [6, 6.07) is 2.64. The van der Waals surface area contributed by atoms with Crippen molar-refractivity contribution < 1.29 is 4.74 Å². The van der Waals surface area contributed by atoms with Crippen LogP contribution in [-0.4, -0.2) is 19.3 Å². The molecule has 1 atom stereocenters. The average molecular weight is 295 g/mol. The molecule has 0 saturated heterocycles. The first-order valence-electron chi connectivity index (χ1n) is 7.76. The summed E-state index contributed by atoms with van der Waals surface area (Å²) in [5, 5.41) is 5.98. The van der Waals surface area contributed by atoms with Crippen LogP contribution in [0.15, 0.2) is 11.4 Å². The molecular weight excluding hydrogens is 266 g/mol. The number of likely N-dealkylation sites (N-methyl/N-ethyl adjacent to an activating group) is 1. The summed E-state index contributed by atoms with van der Waals surface area (Å²) in [5.41, 5.74) is 1.82. The third-order valence-corrected chi connectivity index (χ3v) is 5.75. The molecule has 0 aliphatic heterocycles. The zero-order chi connectivity index (χ0) is 14.8. The zero-order valence-electron chi connectivity index (χ0n) is 13.6. The molecule has 2 nitrogen and oxygen atoms in total. The molecule has 0 bridgehead atoms. The highest BCUT2D eigenvalue weighted by molar-refractivity contribution is 7.10. The molecule has 1 unspecified atom stereocenters. The van der Waals surface area contributed by atoms with Crippen LogP contribution in [0.4, 0.5) is 0 Å². The Bertz CT molecular complexity index is 428. The minimum Gasteiger partial charge on any atom is -0.376 e. The van der Waals surface area contributed by atoms with Crippen LogP contribution < -0.4 is 5.32 Å². The second-order valence-electron chi connectivity index (χ2n) is 6.91. The molecule has 0 radical (unpaired) electrons. The Labute approximate surface area is 127 Å². The van der Waals surface area contributed by atoms with Crippen molar-refractivity contribution in [2.24, 2.45) is 5.41 Å². The van der Waals surface area contributed by atoms with E-state index in [2.05, 4.69) is 44.5 Å². The van der Waals surface area contributed by atoms with Crippen LogP contribution in [0.2, 0.25) is 0 Å². The highest BCUT2D eigenvalue weighted by Gasteiger charge is 2.44. The second kappa shape index (κ2) is 6.17.